The monoisotopic (exact) mass is 179 g/mol. The standard InChI is InChI=1S/C10H13NO2/c1-2-3-6-4-7(10(12)13)5-8-9(6)11-8/h2,5-6,8-9,11H,1,3-4H2,(H,12,13)/t6-,8-,9+/m0/s1. The third-order valence-electron chi connectivity index (χ3n) is 2.78. The normalized spacial score (nSPS) is 36.0. The number of carbonyl (C=O) groups is 1. The zero-order valence-corrected chi connectivity index (χ0v) is 7.36. The maximum absolute atomic E-state index is 10.7. The third-order valence-corrected chi connectivity index (χ3v) is 2.78. The molecule has 1 saturated heterocycles. The van der Waals surface area contributed by atoms with E-state index in [-0.39, 0.29) is 0 Å². The fraction of sp³-hybridized carbons (Fsp3) is 0.500. The van der Waals surface area contributed by atoms with Crippen LogP contribution >= 0.6 is 0 Å². The largest absolute Gasteiger partial charge is 0.478 e. The second-order valence-electron chi connectivity index (χ2n) is 3.70. The molecule has 1 fully saturated rings. The molecule has 3 atom stereocenters. The van der Waals surface area contributed by atoms with E-state index in [2.05, 4.69) is 11.9 Å². The molecule has 2 rings (SSSR count). The highest BCUT2D eigenvalue weighted by molar-refractivity contribution is 5.87. The molecule has 70 valence electrons. The van der Waals surface area contributed by atoms with Crippen molar-refractivity contribution >= 4 is 5.97 Å². The van der Waals surface area contributed by atoms with Crippen LogP contribution < -0.4 is 5.32 Å². The number of carboxylic acids is 1. The molecule has 0 spiro atoms. The summed E-state index contributed by atoms with van der Waals surface area (Å²) in [7, 11) is 0. The van der Waals surface area contributed by atoms with Gasteiger partial charge >= 0.3 is 5.97 Å². The van der Waals surface area contributed by atoms with E-state index in [4.69, 9.17) is 5.11 Å². The van der Waals surface area contributed by atoms with Gasteiger partial charge in [0.15, 0.2) is 0 Å². The molecule has 0 unspecified atom stereocenters. The summed E-state index contributed by atoms with van der Waals surface area (Å²) >= 11 is 0. The average molecular weight is 179 g/mol. The Morgan fingerprint density at radius 2 is 2.62 bits per heavy atom. The van der Waals surface area contributed by atoms with Gasteiger partial charge < -0.3 is 10.4 Å². The summed E-state index contributed by atoms with van der Waals surface area (Å²) in [6.45, 7) is 3.68. The van der Waals surface area contributed by atoms with Crippen molar-refractivity contribution in [3.8, 4) is 0 Å². The van der Waals surface area contributed by atoms with Crippen LogP contribution in [-0.2, 0) is 4.79 Å². The fourth-order valence-electron chi connectivity index (χ4n) is 2.04. The van der Waals surface area contributed by atoms with Crippen molar-refractivity contribution in [1.29, 1.82) is 0 Å². The van der Waals surface area contributed by atoms with E-state index in [9.17, 15) is 4.79 Å². The van der Waals surface area contributed by atoms with Gasteiger partial charge in [-0.25, -0.2) is 4.79 Å². The highest BCUT2D eigenvalue weighted by Crippen LogP contribution is 2.35. The van der Waals surface area contributed by atoms with Crippen molar-refractivity contribution in [2.24, 2.45) is 5.92 Å². The first-order valence-electron chi connectivity index (χ1n) is 4.53. The predicted octanol–water partition coefficient (Wildman–Crippen LogP) is 0.934. The first-order valence-corrected chi connectivity index (χ1v) is 4.53. The summed E-state index contributed by atoms with van der Waals surface area (Å²) < 4.78 is 0. The molecule has 1 aliphatic carbocycles. The Labute approximate surface area is 77.1 Å². The van der Waals surface area contributed by atoms with Gasteiger partial charge in [0.05, 0.1) is 0 Å². The first-order chi connectivity index (χ1) is 6.22. The SMILES string of the molecule is C=CC[C@H]1CC(C(=O)O)=C[C@@H]2N[C@H]12. The number of carboxylic acid groups (broad SMARTS) is 1. The number of aliphatic carboxylic acids is 1. The van der Waals surface area contributed by atoms with Crippen LogP contribution in [0.1, 0.15) is 12.8 Å². The molecule has 0 saturated carbocycles. The lowest BCUT2D eigenvalue weighted by molar-refractivity contribution is -0.133. The van der Waals surface area contributed by atoms with Crippen LogP contribution in [0, 0.1) is 5.92 Å². The zero-order valence-electron chi connectivity index (χ0n) is 7.36. The maximum atomic E-state index is 10.7. The predicted molar refractivity (Wildman–Crippen MR) is 49.4 cm³/mol. The van der Waals surface area contributed by atoms with Crippen molar-refractivity contribution in [2.45, 2.75) is 24.9 Å². The van der Waals surface area contributed by atoms with E-state index in [0.717, 1.165) is 6.42 Å². The fourth-order valence-corrected chi connectivity index (χ4v) is 2.04. The molecular weight excluding hydrogens is 166 g/mol. The Morgan fingerprint density at radius 3 is 3.23 bits per heavy atom. The molecule has 1 heterocycles. The second-order valence-corrected chi connectivity index (χ2v) is 3.70. The highest BCUT2D eigenvalue weighted by Gasteiger charge is 2.44. The number of nitrogens with one attached hydrogen (secondary N) is 1. The van der Waals surface area contributed by atoms with Gasteiger partial charge in [0.2, 0.25) is 0 Å². The minimum absolute atomic E-state index is 0.310. The second kappa shape index (κ2) is 3.00. The van der Waals surface area contributed by atoms with Crippen LogP contribution in [0.2, 0.25) is 0 Å². The molecule has 0 aromatic heterocycles. The third kappa shape index (κ3) is 1.52. The summed E-state index contributed by atoms with van der Waals surface area (Å²) in [6.07, 6.45) is 5.29. The quantitative estimate of drug-likeness (QED) is 0.500. The van der Waals surface area contributed by atoms with Gasteiger partial charge in [-0.1, -0.05) is 12.2 Å². The lowest BCUT2D eigenvalue weighted by atomic mass is 9.86. The van der Waals surface area contributed by atoms with Gasteiger partial charge in [0.1, 0.15) is 0 Å². The zero-order chi connectivity index (χ0) is 9.42. The lowest BCUT2D eigenvalue weighted by Gasteiger charge is -2.17. The molecule has 2 aliphatic rings. The van der Waals surface area contributed by atoms with Crippen LogP contribution in [0.5, 0.6) is 0 Å². The Kier molecular flexibility index (Phi) is 1.96. The first kappa shape index (κ1) is 8.51. The maximum Gasteiger partial charge on any atom is 0.331 e. The van der Waals surface area contributed by atoms with Crippen LogP contribution in [0.25, 0.3) is 0 Å². The Hall–Kier alpha value is -1.09. The molecule has 0 aromatic carbocycles. The highest BCUT2D eigenvalue weighted by atomic mass is 16.4. The summed E-state index contributed by atoms with van der Waals surface area (Å²) in [5, 5.41) is 12.1. The molecule has 13 heavy (non-hydrogen) atoms. The lowest BCUT2D eigenvalue weighted by Crippen LogP contribution is -2.19. The van der Waals surface area contributed by atoms with E-state index < -0.39 is 5.97 Å². The molecule has 1 aliphatic heterocycles. The number of allylic oxidation sites excluding steroid dienone is 1. The van der Waals surface area contributed by atoms with E-state index in [1.165, 1.54) is 0 Å². The van der Waals surface area contributed by atoms with E-state index >= 15 is 0 Å². The molecule has 0 aromatic rings. The molecule has 0 radical (unpaired) electrons. The Morgan fingerprint density at radius 1 is 1.85 bits per heavy atom. The van der Waals surface area contributed by atoms with Gasteiger partial charge in [0.25, 0.3) is 0 Å². The number of fused-ring (bicyclic) bond motifs is 1. The smallest absolute Gasteiger partial charge is 0.331 e. The van der Waals surface area contributed by atoms with Crippen molar-refractivity contribution in [3.63, 3.8) is 0 Å². The van der Waals surface area contributed by atoms with Crippen molar-refractivity contribution in [1.82, 2.24) is 5.32 Å². The van der Waals surface area contributed by atoms with Crippen molar-refractivity contribution < 1.29 is 9.90 Å². The van der Waals surface area contributed by atoms with E-state index in [0.29, 0.717) is 30.0 Å². The molecular formula is C10H13NO2. The summed E-state index contributed by atoms with van der Waals surface area (Å²) in [5.74, 6) is -0.347. The van der Waals surface area contributed by atoms with Gasteiger partial charge in [-0.05, 0) is 18.8 Å². The molecule has 3 nitrogen and oxygen atoms in total. The summed E-state index contributed by atoms with van der Waals surface area (Å²) in [4.78, 5) is 10.7. The van der Waals surface area contributed by atoms with Gasteiger partial charge in [-0.15, -0.1) is 6.58 Å². The number of hydrogen-bond acceptors (Lipinski definition) is 2. The average Bonchev–Trinajstić information content (AvgIpc) is 2.83. The van der Waals surface area contributed by atoms with Crippen molar-refractivity contribution in [2.75, 3.05) is 0 Å². The molecule has 0 bridgehead atoms. The molecule has 2 N–H and O–H groups in total. The van der Waals surface area contributed by atoms with Gasteiger partial charge in [-0.3, -0.25) is 0 Å². The molecule has 0 amide bonds. The minimum atomic E-state index is -0.777. The van der Waals surface area contributed by atoms with Crippen LogP contribution in [0.15, 0.2) is 24.3 Å². The van der Waals surface area contributed by atoms with E-state index in [1.807, 2.05) is 12.2 Å². The molecule has 3 heteroatoms. The topological polar surface area (TPSA) is 59.2 Å². The Balaban J connectivity index is 2.09. The summed E-state index contributed by atoms with van der Waals surface area (Å²) in [5.41, 5.74) is 0.554. The Bertz CT molecular complexity index is 283. The van der Waals surface area contributed by atoms with Gasteiger partial charge in [0, 0.05) is 17.7 Å². The van der Waals surface area contributed by atoms with E-state index in [1.54, 1.807) is 0 Å². The van der Waals surface area contributed by atoms with Gasteiger partial charge in [-0.2, -0.15) is 0 Å². The number of rotatable bonds is 3. The van der Waals surface area contributed by atoms with Crippen LogP contribution in [0.4, 0.5) is 0 Å². The summed E-state index contributed by atoms with van der Waals surface area (Å²) in [6, 6.07) is 0.811. The van der Waals surface area contributed by atoms with Crippen LogP contribution in [-0.4, -0.2) is 23.2 Å². The minimum Gasteiger partial charge on any atom is -0.478 e. The van der Waals surface area contributed by atoms with Crippen LogP contribution in [0.3, 0.4) is 0 Å². The van der Waals surface area contributed by atoms with Crippen molar-refractivity contribution in [3.05, 3.63) is 24.3 Å². The number of hydrogen-bond donors (Lipinski definition) is 2.